The summed E-state index contributed by atoms with van der Waals surface area (Å²) in [5.41, 5.74) is 0. The Balaban J connectivity index is 1.66. The van der Waals surface area contributed by atoms with Crippen LogP contribution in [0.3, 0.4) is 0 Å². The number of hydrogen-bond donors (Lipinski definition) is 3. The fourth-order valence-corrected chi connectivity index (χ4v) is 5.58. The Morgan fingerprint density at radius 3 is 2.64 bits per heavy atom. The van der Waals surface area contributed by atoms with Crippen molar-refractivity contribution in [3.8, 4) is 0 Å². The fraction of sp³-hybridized carbons (Fsp3) is 0.700. The topological polar surface area (TPSA) is 104 Å². The Bertz CT molecular complexity index is 759. The summed E-state index contributed by atoms with van der Waals surface area (Å²) in [5, 5.41) is 10.6. The van der Waals surface area contributed by atoms with Crippen LogP contribution in [0.4, 0.5) is 0 Å². The van der Waals surface area contributed by atoms with Gasteiger partial charge in [0.25, 0.3) is 0 Å². The molecule has 1 saturated heterocycles. The summed E-state index contributed by atoms with van der Waals surface area (Å²) in [6.45, 7) is 3.88. The molecule has 28 heavy (non-hydrogen) atoms. The third-order valence-corrected chi connectivity index (χ3v) is 7.26. The molecule has 8 heteroatoms. The van der Waals surface area contributed by atoms with E-state index in [1.165, 1.54) is 5.41 Å². The van der Waals surface area contributed by atoms with Gasteiger partial charge in [-0.2, -0.15) is 0 Å². The number of rotatable bonds is 6. The molecule has 0 spiro atoms. The van der Waals surface area contributed by atoms with Crippen LogP contribution in [0.25, 0.3) is 0 Å². The van der Waals surface area contributed by atoms with E-state index in [4.69, 9.17) is 0 Å². The lowest BCUT2D eigenvalue weighted by Crippen LogP contribution is -2.61. The highest BCUT2D eigenvalue weighted by molar-refractivity contribution is 7.94. The molecule has 3 N–H and O–H groups in total. The van der Waals surface area contributed by atoms with E-state index < -0.39 is 15.9 Å². The smallest absolute Gasteiger partial charge is 0.237 e. The molecule has 5 atom stereocenters. The van der Waals surface area contributed by atoms with Gasteiger partial charge in [0.15, 0.2) is 9.84 Å². The largest absolute Gasteiger partial charge is 0.351 e. The van der Waals surface area contributed by atoms with Crippen LogP contribution in [0.15, 0.2) is 23.6 Å². The Labute approximate surface area is 167 Å². The zero-order chi connectivity index (χ0) is 20.3. The molecule has 156 valence electrons. The van der Waals surface area contributed by atoms with Gasteiger partial charge in [-0.15, -0.1) is 0 Å². The Morgan fingerprint density at radius 2 is 2.04 bits per heavy atom. The predicted molar refractivity (Wildman–Crippen MR) is 108 cm³/mol. The van der Waals surface area contributed by atoms with Crippen molar-refractivity contribution in [1.82, 2.24) is 16.0 Å². The summed E-state index contributed by atoms with van der Waals surface area (Å²) >= 11 is 0. The van der Waals surface area contributed by atoms with Crippen LogP contribution >= 0.6 is 0 Å². The summed E-state index contributed by atoms with van der Waals surface area (Å²) < 4.78 is 23.3. The Hall–Kier alpha value is -1.67. The van der Waals surface area contributed by atoms with Gasteiger partial charge in [-0.3, -0.25) is 14.9 Å². The third-order valence-electron chi connectivity index (χ3n) is 5.86. The van der Waals surface area contributed by atoms with E-state index in [0.717, 1.165) is 19.3 Å². The molecule has 0 aromatic carbocycles. The maximum Gasteiger partial charge on any atom is 0.237 e. The summed E-state index contributed by atoms with van der Waals surface area (Å²) in [6.07, 6.45) is 9.87. The summed E-state index contributed by atoms with van der Waals surface area (Å²) in [5.74, 6) is 0.231. The normalized spacial score (nSPS) is 32.9. The maximum absolute atomic E-state index is 13.0. The summed E-state index contributed by atoms with van der Waals surface area (Å²) in [4.78, 5) is 25.0. The van der Waals surface area contributed by atoms with E-state index in [1.54, 1.807) is 6.08 Å². The molecule has 3 aliphatic rings. The molecule has 2 aliphatic heterocycles. The highest BCUT2D eigenvalue weighted by Crippen LogP contribution is 2.27. The van der Waals surface area contributed by atoms with Crippen molar-refractivity contribution in [3.05, 3.63) is 23.6 Å². The van der Waals surface area contributed by atoms with Crippen molar-refractivity contribution < 1.29 is 18.0 Å². The van der Waals surface area contributed by atoms with E-state index in [0.29, 0.717) is 18.8 Å². The molecule has 1 fully saturated rings. The number of sulfone groups is 1. The summed E-state index contributed by atoms with van der Waals surface area (Å²) in [6, 6.07) is -1.01. The van der Waals surface area contributed by atoms with Gasteiger partial charge in [-0.1, -0.05) is 32.1 Å². The second-order valence-electron chi connectivity index (χ2n) is 8.44. The molecule has 7 nitrogen and oxygen atoms in total. The predicted octanol–water partition coefficient (Wildman–Crippen LogP) is 1.03. The third kappa shape index (κ3) is 5.23. The van der Waals surface area contributed by atoms with Crippen molar-refractivity contribution in [3.63, 3.8) is 0 Å². The maximum atomic E-state index is 13.0. The van der Waals surface area contributed by atoms with Gasteiger partial charge in [-0.05, 0) is 37.5 Å². The molecule has 2 amide bonds. The molecule has 0 unspecified atom stereocenters. The van der Waals surface area contributed by atoms with Crippen molar-refractivity contribution in [2.45, 2.75) is 70.1 Å². The summed E-state index contributed by atoms with van der Waals surface area (Å²) in [7, 11) is -3.18. The lowest BCUT2D eigenvalue weighted by molar-refractivity contribution is -0.129. The van der Waals surface area contributed by atoms with E-state index >= 15 is 0 Å². The minimum atomic E-state index is -3.18. The highest BCUT2D eigenvalue weighted by Gasteiger charge is 2.37. The lowest BCUT2D eigenvalue weighted by atomic mass is 9.80. The van der Waals surface area contributed by atoms with E-state index in [1.807, 2.05) is 13.8 Å². The molecular formula is C20H31N3O4S. The molecule has 0 bridgehead atoms. The van der Waals surface area contributed by atoms with Gasteiger partial charge in [0.05, 0.1) is 17.8 Å². The van der Waals surface area contributed by atoms with Crippen LogP contribution in [0.2, 0.25) is 0 Å². The number of carbonyl (C=O) groups is 2. The monoisotopic (exact) mass is 409 g/mol. The van der Waals surface area contributed by atoms with Gasteiger partial charge >= 0.3 is 0 Å². The van der Waals surface area contributed by atoms with E-state index in [-0.39, 0.29) is 41.6 Å². The van der Waals surface area contributed by atoms with E-state index in [2.05, 4.69) is 28.1 Å². The Kier molecular flexibility index (Phi) is 6.60. The van der Waals surface area contributed by atoms with Crippen LogP contribution in [0, 0.1) is 11.8 Å². The molecule has 3 rings (SSSR count). The van der Waals surface area contributed by atoms with Gasteiger partial charge < -0.3 is 10.6 Å². The van der Waals surface area contributed by atoms with Crippen molar-refractivity contribution in [2.75, 3.05) is 5.75 Å². The van der Waals surface area contributed by atoms with Gasteiger partial charge in [-0.25, -0.2) is 8.42 Å². The van der Waals surface area contributed by atoms with Gasteiger partial charge in [0.1, 0.15) is 0 Å². The Morgan fingerprint density at radius 1 is 1.25 bits per heavy atom. The molecular weight excluding hydrogens is 378 g/mol. The molecule has 0 saturated carbocycles. The number of nitrogens with one attached hydrogen (secondary N) is 3. The first-order chi connectivity index (χ1) is 13.2. The average molecular weight is 410 g/mol. The first-order valence-corrected chi connectivity index (χ1v) is 11.9. The zero-order valence-electron chi connectivity index (χ0n) is 16.6. The number of allylic oxidation sites excluding steroid dienone is 2. The average Bonchev–Trinajstić information content (AvgIpc) is 3.00. The second kappa shape index (κ2) is 8.78. The molecule has 0 aromatic rings. The number of amides is 2. The van der Waals surface area contributed by atoms with Crippen molar-refractivity contribution in [1.29, 1.82) is 0 Å². The molecule has 2 heterocycles. The lowest BCUT2D eigenvalue weighted by Gasteiger charge is -2.39. The zero-order valence-corrected chi connectivity index (χ0v) is 17.4. The number of hydrogen-bond acceptors (Lipinski definition) is 5. The minimum absolute atomic E-state index is 0.00551. The standard InChI is InChI=1S/C20H31N3O4S/c1-13(2)18(21-15-10-11-28(26,27)12-15)20(25)22-16-8-9-17(24)23-19(16)14-6-4-3-5-7-14/h3-4,10-11,13-16,18-19,21H,5-9,12H2,1-2H3,(H,22,25)(H,23,24)/t14-,15+,16+,18-,19-/m0/s1. The first-order valence-electron chi connectivity index (χ1n) is 10.2. The quantitative estimate of drug-likeness (QED) is 0.569. The molecule has 0 aromatic heterocycles. The van der Waals surface area contributed by atoms with Crippen LogP contribution < -0.4 is 16.0 Å². The SMILES string of the molecule is CC(C)[C@H](N[C@@H]1C=CS(=O)(=O)C1)C(=O)N[C@@H]1CCC(=O)N[C@H]1[C@H]1CC=CCC1. The van der Waals surface area contributed by atoms with Gasteiger partial charge in [0.2, 0.25) is 11.8 Å². The highest BCUT2D eigenvalue weighted by atomic mass is 32.2. The minimum Gasteiger partial charge on any atom is -0.351 e. The van der Waals surface area contributed by atoms with Crippen LogP contribution in [-0.4, -0.2) is 50.2 Å². The molecule has 0 radical (unpaired) electrons. The van der Waals surface area contributed by atoms with E-state index in [9.17, 15) is 18.0 Å². The van der Waals surface area contributed by atoms with Crippen LogP contribution in [0.5, 0.6) is 0 Å². The van der Waals surface area contributed by atoms with Crippen molar-refractivity contribution in [2.24, 2.45) is 11.8 Å². The number of carbonyl (C=O) groups excluding carboxylic acids is 2. The van der Waals surface area contributed by atoms with Crippen LogP contribution in [-0.2, 0) is 19.4 Å². The first kappa shape index (κ1) is 21.0. The van der Waals surface area contributed by atoms with Crippen LogP contribution in [0.1, 0.15) is 46.0 Å². The second-order valence-corrected chi connectivity index (χ2v) is 10.4. The van der Waals surface area contributed by atoms with Crippen molar-refractivity contribution >= 4 is 21.7 Å². The molecule has 1 aliphatic carbocycles. The fourth-order valence-electron chi connectivity index (χ4n) is 4.33. The van der Waals surface area contributed by atoms with Gasteiger partial charge in [0, 0.05) is 23.9 Å². The number of piperidine rings is 1.